The van der Waals surface area contributed by atoms with Crippen molar-refractivity contribution in [1.29, 1.82) is 0 Å². The normalized spacial score (nSPS) is 15.7. The van der Waals surface area contributed by atoms with Gasteiger partial charge in [-0.1, -0.05) is 17.2 Å². The zero-order valence-electron chi connectivity index (χ0n) is 11.5. The van der Waals surface area contributed by atoms with E-state index < -0.39 is 0 Å². The number of carbonyl (C=O) groups is 1. The fourth-order valence-electron chi connectivity index (χ4n) is 2.37. The Morgan fingerprint density at radius 1 is 1.10 bits per heavy atom. The van der Waals surface area contributed by atoms with Crippen molar-refractivity contribution >= 4 is 17.1 Å². The van der Waals surface area contributed by atoms with E-state index in [9.17, 15) is 4.79 Å². The number of carbonyl (C=O) groups excluding carboxylic acids is 1. The molecule has 0 N–H and O–H groups in total. The number of hydrogen-bond acceptors (Lipinski definition) is 4. The molecular weight excluding hydrogens is 272 g/mol. The molecule has 0 atom stereocenters. The van der Waals surface area contributed by atoms with Crippen LogP contribution in [0.2, 0.25) is 0 Å². The predicted molar refractivity (Wildman–Crippen MR) is 78.3 cm³/mol. The number of ketones is 1. The van der Waals surface area contributed by atoms with Crippen LogP contribution >= 0.6 is 11.3 Å². The van der Waals surface area contributed by atoms with Crippen LogP contribution in [0.5, 0.6) is 0 Å². The Morgan fingerprint density at radius 2 is 1.75 bits per heavy atom. The van der Waals surface area contributed by atoms with Gasteiger partial charge in [0, 0.05) is 5.56 Å². The van der Waals surface area contributed by atoms with E-state index >= 15 is 0 Å². The molecule has 0 amide bonds. The third kappa shape index (κ3) is 2.68. The molecule has 0 spiro atoms. The molecule has 2 aromatic rings. The van der Waals surface area contributed by atoms with Gasteiger partial charge >= 0.3 is 0 Å². The van der Waals surface area contributed by atoms with Crippen molar-refractivity contribution < 1.29 is 14.3 Å². The molecule has 3 rings (SSSR count). The molecule has 1 saturated heterocycles. The van der Waals surface area contributed by atoms with E-state index in [0.717, 1.165) is 26.4 Å². The van der Waals surface area contributed by atoms with Gasteiger partial charge in [0.05, 0.1) is 23.0 Å². The number of aryl methyl sites for hydroxylation is 2. The molecule has 4 heteroatoms. The Morgan fingerprint density at radius 3 is 2.40 bits per heavy atom. The first-order chi connectivity index (χ1) is 9.63. The number of thiophene rings is 1. The van der Waals surface area contributed by atoms with E-state index in [2.05, 4.69) is 6.07 Å². The highest BCUT2D eigenvalue weighted by atomic mass is 32.1. The van der Waals surface area contributed by atoms with Gasteiger partial charge in [-0.3, -0.25) is 4.79 Å². The molecule has 0 saturated carbocycles. The van der Waals surface area contributed by atoms with E-state index in [1.807, 2.05) is 38.1 Å². The van der Waals surface area contributed by atoms with Crippen LogP contribution in [0.15, 0.2) is 30.3 Å². The van der Waals surface area contributed by atoms with Gasteiger partial charge in [0.15, 0.2) is 6.29 Å². The fourth-order valence-corrected chi connectivity index (χ4v) is 3.34. The predicted octanol–water partition coefficient (Wildman–Crippen LogP) is 3.64. The summed E-state index contributed by atoms with van der Waals surface area (Å²) < 4.78 is 10.9. The Hall–Kier alpha value is -1.49. The molecule has 2 heterocycles. The number of rotatable bonds is 3. The first-order valence-corrected chi connectivity index (χ1v) is 7.41. The van der Waals surface area contributed by atoms with Crippen LogP contribution in [0.3, 0.4) is 0 Å². The largest absolute Gasteiger partial charge is 0.345 e. The van der Waals surface area contributed by atoms with Crippen LogP contribution in [0.1, 0.15) is 37.5 Å². The summed E-state index contributed by atoms with van der Waals surface area (Å²) in [5, 5.41) is 0. The standard InChI is InChI=1S/C16H16O3S/c1-10-7-11(2)9-12(8-10)15(17)13-3-4-14(20-13)16-18-5-6-19-16/h3-4,7-9,16H,5-6H2,1-2H3. The smallest absolute Gasteiger partial charge is 0.202 e. The van der Waals surface area contributed by atoms with Crippen molar-refractivity contribution in [2.45, 2.75) is 20.1 Å². The Balaban J connectivity index is 1.86. The average Bonchev–Trinajstić information content (AvgIpc) is 3.07. The molecule has 1 aliphatic rings. The highest BCUT2D eigenvalue weighted by molar-refractivity contribution is 7.14. The minimum atomic E-state index is -0.305. The van der Waals surface area contributed by atoms with E-state index in [-0.39, 0.29) is 12.1 Å². The Bertz CT molecular complexity index is 619. The highest BCUT2D eigenvalue weighted by Gasteiger charge is 2.22. The maximum absolute atomic E-state index is 12.5. The summed E-state index contributed by atoms with van der Waals surface area (Å²) in [6, 6.07) is 9.69. The first-order valence-electron chi connectivity index (χ1n) is 6.59. The quantitative estimate of drug-likeness (QED) is 0.809. The van der Waals surface area contributed by atoms with Crippen molar-refractivity contribution in [1.82, 2.24) is 0 Å². The van der Waals surface area contributed by atoms with Crippen LogP contribution in [-0.4, -0.2) is 19.0 Å². The zero-order valence-corrected chi connectivity index (χ0v) is 12.3. The molecule has 0 unspecified atom stereocenters. The van der Waals surface area contributed by atoms with Gasteiger partial charge in [-0.05, 0) is 38.1 Å². The summed E-state index contributed by atoms with van der Waals surface area (Å²) in [6.07, 6.45) is -0.305. The van der Waals surface area contributed by atoms with Crippen LogP contribution in [0, 0.1) is 13.8 Å². The van der Waals surface area contributed by atoms with E-state index in [4.69, 9.17) is 9.47 Å². The zero-order chi connectivity index (χ0) is 14.1. The van der Waals surface area contributed by atoms with Gasteiger partial charge in [-0.25, -0.2) is 0 Å². The molecule has 1 fully saturated rings. The number of ether oxygens (including phenoxy) is 2. The molecule has 104 valence electrons. The Labute approximate surface area is 122 Å². The van der Waals surface area contributed by atoms with Crippen molar-refractivity contribution in [2.75, 3.05) is 13.2 Å². The fraction of sp³-hybridized carbons (Fsp3) is 0.312. The second-order valence-corrected chi connectivity index (χ2v) is 6.10. The lowest BCUT2D eigenvalue weighted by Crippen LogP contribution is -1.99. The van der Waals surface area contributed by atoms with Crippen LogP contribution in [0.25, 0.3) is 0 Å². The molecule has 1 aromatic heterocycles. The third-order valence-corrected chi connectivity index (χ3v) is 4.29. The van der Waals surface area contributed by atoms with Gasteiger partial charge in [0.25, 0.3) is 0 Å². The summed E-state index contributed by atoms with van der Waals surface area (Å²) in [5.41, 5.74) is 2.95. The van der Waals surface area contributed by atoms with Crippen LogP contribution in [0.4, 0.5) is 0 Å². The summed E-state index contributed by atoms with van der Waals surface area (Å²) in [6.45, 7) is 5.24. The van der Waals surface area contributed by atoms with Crippen LogP contribution in [-0.2, 0) is 9.47 Å². The summed E-state index contributed by atoms with van der Waals surface area (Å²) in [7, 11) is 0. The average molecular weight is 288 g/mol. The van der Waals surface area contributed by atoms with Crippen molar-refractivity contribution in [3.63, 3.8) is 0 Å². The Kier molecular flexibility index (Phi) is 3.70. The van der Waals surface area contributed by atoms with E-state index in [0.29, 0.717) is 13.2 Å². The van der Waals surface area contributed by atoms with Crippen molar-refractivity contribution in [3.05, 3.63) is 56.8 Å². The second kappa shape index (κ2) is 5.48. The number of hydrogen-bond donors (Lipinski definition) is 0. The van der Waals surface area contributed by atoms with E-state index in [1.165, 1.54) is 11.3 Å². The van der Waals surface area contributed by atoms with Gasteiger partial charge in [-0.15, -0.1) is 11.3 Å². The van der Waals surface area contributed by atoms with Crippen molar-refractivity contribution in [3.8, 4) is 0 Å². The van der Waals surface area contributed by atoms with Gasteiger partial charge < -0.3 is 9.47 Å². The lowest BCUT2D eigenvalue weighted by Gasteiger charge is -2.05. The SMILES string of the molecule is Cc1cc(C)cc(C(=O)c2ccc(C3OCCO3)s2)c1. The number of benzene rings is 1. The maximum atomic E-state index is 12.5. The minimum Gasteiger partial charge on any atom is -0.345 e. The summed E-state index contributed by atoms with van der Waals surface area (Å²) in [4.78, 5) is 14.2. The first kappa shape index (κ1) is 13.5. The van der Waals surface area contributed by atoms with Gasteiger partial charge in [0.1, 0.15) is 0 Å². The van der Waals surface area contributed by atoms with Crippen molar-refractivity contribution in [2.24, 2.45) is 0 Å². The topological polar surface area (TPSA) is 35.5 Å². The van der Waals surface area contributed by atoms with Gasteiger partial charge in [-0.2, -0.15) is 0 Å². The minimum absolute atomic E-state index is 0.0612. The van der Waals surface area contributed by atoms with Gasteiger partial charge in [0.2, 0.25) is 5.78 Å². The summed E-state index contributed by atoms with van der Waals surface area (Å²) >= 11 is 1.45. The van der Waals surface area contributed by atoms with Crippen LogP contribution < -0.4 is 0 Å². The monoisotopic (exact) mass is 288 g/mol. The highest BCUT2D eigenvalue weighted by Crippen LogP contribution is 2.30. The van der Waals surface area contributed by atoms with E-state index in [1.54, 1.807) is 0 Å². The second-order valence-electron chi connectivity index (χ2n) is 4.98. The molecule has 1 aromatic carbocycles. The molecular formula is C16H16O3S. The third-order valence-electron chi connectivity index (χ3n) is 3.19. The summed E-state index contributed by atoms with van der Waals surface area (Å²) in [5.74, 6) is 0.0612. The molecule has 1 aliphatic heterocycles. The molecule has 20 heavy (non-hydrogen) atoms. The molecule has 0 bridgehead atoms. The maximum Gasteiger partial charge on any atom is 0.202 e. The molecule has 0 radical (unpaired) electrons. The molecule has 0 aliphatic carbocycles. The lowest BCUT2D eigenvalue weighted by atomic mass is 10.0. The molecule has 3 nitrogen and oxygen atoms in total. The lowest BCUT2D eigenvalue weighted by molar-refractivity contribution is -0.0413.